The van der Waals surface area contributed by atoms with Gasteiger partial charge in [-0.25, -0.2) is 0 Å². The SMILES string of the molecule is O=C1/C(=C\c2cc(Br)c(O)c(Br)c2)SC(=S)N1Cc1ccccc1. The van der Waals surface area contributed by atoms with E-state index in [1.807, 2.05) is 30.3 Å². The number of aromatic hydroxyl groups is 1. The van der Waals surface area contributed by atoms with Crippen LogP contribution in [0.1, 0.15) is 11.1 Å². The quantitative estimate of drug-likeness (QED) is 0.472. The van der Waals surface area contributed by atoms with Crippen molar-refractivity contribution in [3.05, 3.63) is 67.4 Å². The van der Waals surface area contributed by atoms with Crippen LogP contribution in [0.2, 0.25) is 0 Å². The summed E-state index contributed by atoms with van der Waals surface area (Å²) >= 11 is 13.2. The van der Waals surface area contributed by atoms with Crippen molar-refractivity contribution in [2.75, 3.05) is 0 Å². The molecule has 24 heavy (non-hydrogen) atoms. The average molecular weight is 485 g/mol. The Hall–Kier alpha value is -1.15. The monoisotopic (exact) mass is 483 g/mol. The van der Waals surface area contributed by atoms with Gasteiger partial charge in [0.05, 0.1) is 20.4 Å². The maximum absolute atomic E-state index is 12.6. The first-order chi connectivity index (χ1) is 11.5. The maximum Gasteiger partial charge on any atom is 0.266 e. The molecule has 0 unspecified atom stereocenters. The molecule has 0 saturated carbocycles. The van der Waals surface area contributed by atoms with E-state index in [2.05, 4.69) is 31.9 Å². The number of rotatable bonds is 3. The molecule has 2 aromatic rings. The maximum atomic E-state index is 12.6. The summed E-state index contributed by atoms with van der Waals surface area (Å²) in [6.45, 7) is 0.464. The molecule has 3 rings (SSSR count). The summed E-state index contributed by atoms with van der Waals surface area (Å²) in [6.07, 6.45) is 1.78. The highest BCUT2D eigenvalue weighted by molar-refractivity contribution is 9.11. The van der Waals surface area contributed by atoms with Gasteiger partial charge in [-0.3, -0.25) is 9.69 Å². The van der Waals surface area contributed by atoms with Gasteiger partial charge in [0.25, 0.3) is 5.91 Å². The Morgan fingerprint density at radius 3 is 2.42 bits per heavy atom. The molecule has 0 aliphatic carbocycles. The van der Waals surface area contributed by atoms with Crippen LogP contribution in [0.3, 0.4) is 0 Å². The van der Waals surface area contributed by atoms with Crippen LogP contribution in [0.15, 0.2) is 56.3 Å². The highest BCUT2D eigenvalue weighted by Crippen LogP contribution is 2.37. The van der Waals surface area contributed by atoms with Gasteiger partial charge >= 0.3 is 0 Å². The topological polar surface area (TPSA) is 40.5 Å². The molecule has 1 aliphatic heterocycles. The van der Waals surface area contributed by atoms with Crippen molar-refractivity contribution in [3.8, 4) is 5.75 Å². The molecule has 2 aromatic carbocycles. The lowest BCUT2D eigenvalue weighted by molar-refractivity contribution is -0.122. The van der Waals surface area contributed by atoms with Crippen LogP contribution in [-0.4, -0.2) is 20.2 Å². The second-order valence-corrected chi connectivity index (χ2v) is 8.47. The molecule has 1 fully saturated rings. The number of hydrogen-bond acceptors (Lipinski definition) is 4. The predicted octanol–water partition coefficient (Wildman–Crippen LogP) is 5.32. The molecule has 1 aliphatic rings. The van der Waals surface area contributed by atoms with Gasteiger partial charge < -0.3 is 5.11 Å². The van der Waals surface area contributed by atoms with Crippen molar-refractivity contribution in [3.63, 3.8) is 0 Å². The second kappa shape index (κ2) is 7.39. The van der Waals surface area contributed by atoms with Crippen molar-refractivity contribution in [2.45, 2.75) is 6.54 Å². The number of halogens is 2. The summed E-state index contributed by atoms with van der Waals surface area (Å²) in [5.41, 5.74) is 1.83. The van der Waals surface area contributed by atoms with Gasteiger partial charge in [0.2, 0.25) is 0 Å². The van der Waals surface area contributed by atoms with E-state index < -0.39 is 0 Å². The summed E-state index contributed by atoms with van der Waals surface area (Å²) in [5, 5.41) is 9.78. The Balaban J connectivity index is 1.86. The first kappa shape index (κ1) is 17.7. The minimum absolute atomic E-state index is 0.103. The minimum atomic E-state index is -0.103. The Morgan fingerprint density at radius 2 is 1.79 bits per heavy atom. The third-order valence-corrected chi connectivity index (χ3v) is 5.98. The summed E-state index contributed by atoms with van der Waals surface area (Å²) in [5.74, 6) is 0.0259. The molecule has 1 amide bonds. The number of phenolic OH excluding ortho intramolecular Hbond substituents is 1. The van der Waals surface area contributed by atoms with Crippen molar-refractivity contribution in [2.24, 2.45) is 0 Å². The smallest absolute Gasteiger partial charge is 0.266 e. The molecule has 1 N–H and O–H groups in total. The minimum Gasteiger partial charge on any atom is -0.506 e. The van der Waals surface area contributed by atoms with Crippen LogP contribution in [0.5, 0.6) is 5.75 Å². The van der Waals surface area contributed by atoms with Crippen molar-refractivity contribution in [1.29, 1.82) is 0 Å². The third-order valence-electron chi connectivity index (χ3n) is 3.39. The van der Waals surface area contributed by atoms with E-state index in [0.717, 1.165) is 11.1 Å². The standard InChI is InChI=1S/C17H11Br2NO2S2/c18-12-6-11(7-13(19)15(12)21)8-14-16(22)20(17(23)24-14)9-10-4-2-1-3-5-10/h1-8,21H,9H2/b14-8+. The molecule has 0 atom stereocenters. The number of carbonyl (C=O) groups excluding carboxylic acids is 1. The summed E-state index contributed by atoms with van der Waals surface area (Å²) in [6, 6.07) is 13.3. The Labute approximate surface area is 166 Å². The molecule has 0 bridgehead atoms. The van der Waals surface area contributed by atoms with E-state index in [4.69, 9.17) is 12.2 Å². The lowest BCUT2D eigenvalue weighted by Crippen LogP contribution is -2.27. The number of thiocarbonyl (C=S) groups is 1. The first-order valence-corrected chi connectivity index (χ1v) is 9.74. The molecular formula is C17H11Br2NO2S2. The lowest BCUT2D eigenvalue weighted by Gasteiger charge is -2.14. The van der Waals surface area contributed by atoms with Gasteiger partial charge in [-0.2, -0.15) is 0 Å². The van der Waals surface area contributed by atoms with Gasteiger partial charge in [-0.1, -0.05) is 54.3 Å². The molecule has 0 aromatic heterocycles. The molecule has 1 saturated heterocycles. The summed E-state index contributed by atoms with van der Waals surface area (Å²) < 4.78 is 1.66. The normalized spacial score (nSPS) is 16.2. The van der Waals surface area contributed by atoms with Crippen LogP contribution in [0.25, 0.3) is 6.08 Å². The van der Waals surface area contributed by atoms with Crippen LogP contribution in [0, 0.1) is 0 Å². The van der Waals surface area contributed by atoms with E-state index in [0.29, 0.717) is 24.7 Å². The number of benzene rings is 2. The third kappa shape index (κ3) is 3.74. The number of phenols is 1. The number of nitrogens with zero attached hydrogens (tertiary/aromatic N) is 1. The lowest BCUT2D eigenvalue weighted by atomic mass is 10.2. The van der Waals surface area contributed by atoms with E-state index in [1.54, 1.807) is 23.1 Å². The molecule has 0 spiro atoms. The first-order valence-electron chi connectivity index (χ1n) is 6.93. The Morgan fingerprint density at radius 1 is 1.17 bits per heavy atom. The number of hydrogen-bond donors (Lipinski definition) is 1. The zero-order chi connectivity index (χ0) is 17.3. The second-order valence-electron chi connectivity index (χ2n) is 5.09. The van der Waals surface area contributed by atoms with Crippen molar-refractivity contribution in [1.82, 2.24) is 4.90 Å². The van der Waals surface area contributed by atoms with E-state index >= 15 is 0 Å². The van der Waals surface area contributed by atoms with Gasteiger partial charge in [-0.15, -0.1) is 0 Å². The van der Waals surface area contributed by atoms with Crippen LogP contribution in [0.4, 0.5) is 0 Å². The number of amides is 1. The van der Waals surface area contributed by atoms with Gasteiger partial charge in [0.1, 0.15) is 10.1 Å². The van der Waals surface area contributed by atoms with Crippen LogP contribution < -0.4 is 0 Å². The highest BCUT2D eigenvalue weighted by Gasteiger charge is 2.32. The summed E-state index contributed by atoms with van der Waals surface area (Å²) in [7, 11) is 0. The van der Waals surface area contributed by atoms with Crippen molar-refractivity contribution >= 4 is 72.1 Å². The molecule has 3 nitrogen and oxygen atoms in total. The molecule has 1 heterocycles. The number of carbonyl (C=O) groups is 1. The van der Waals surface area contributed by atoms with Gasteiger partial charge in [-0.05, 0) is 61.2 Å². The molecule has 0 radical (unpaired) electrons. The average Bonchev–Trinajstić information content (AvgIpc) is 2.81. The molecule has 122 valence electrons. The number of thioether (sulfide) groups is 1. The predicted molar refractivity (Wildman–Crippen MR) is 109 cm³/mol. The van der Waals surface area contributed by atoms with Crippen LogP contribution >= 0.6 is 55.8 Å². The zero-order valence-corrected chi connectivity index (χ0v) is 17.0. The largest absolute Gasteiger partial charge is 0.506 e. The Kier molecular flexibility index (Phi) is 5.44. The van der Waals surface area contributed by atoms with E-state index in [-0.39, 0.29) is 11.7 Å². The van der Waals surface area contributed by atoms with Crippen molar-refractivity contribution < 1.29 is 9.90 Å². The van der Waals surface area contributed by atoms with E-state index in [9.17, 15) is 9.90 Å². The fourth-order valence-electron chi connectivity index (χ4n) is 2.22. The Bertz CT molecular complexity index is 830. The fraction of sp³-hybridized carbons (Fsp3) is 0.0588. The van der Waals surface area contributed by atoms with Gasteiger partial charge in [0.15, 0.2) is 0 Å². The highest BCUT2D eigenvalue weighted by atomic mass is 79.9. The zero-order valence-electron chi connectivity index (χ0n) is 12.2. The fourth-order valence-corrected chi connectivity index (χ4v) is 4.70. The van der Waals surface area contributed by atoms with Crippen LogP contribution in [-0.2, 0) is 11.3 Å². The summed E-state index contributed by atoms with van der Waals surface area (Å²) in [4.78, 5) is 14.8. The molecular weight excluding hydrogens is 474 g/mol. The molecule has 7 heteroatoms. The van der Waals surface area contributed by atoms with Gasteiger partial charge in [0, 0.05) is 0 Å². The van der Waals surface area contributed by atoms with E-state index in [1.165, 1.54) is 11.8 Å².